The minimum Gasteiger partial charge on any atom is -0.462 e. The van der Waals surface area contributed by atoms with Crippen LogP contribution < -0.4 is 5.56 Å². The van der Waals surface area contributed by atoms with Gasteiger partial charge < -0.3 is 4.74 Å². The average molecular weight is 476 g/mol. The van der Waals surface area contributed by atoms with Crippen LogP contribution in [0.15, 0.2) is 83.9 Å². The summed E-state index contributed by atoms with van der Waals surface area (Å²) in [5, 5.41) is 0.377. The van der Waals surface area contributed by atoms with Crippen LogP contribution in [-0.4, -0.2) is 36.7 Å². The molecular weight excluding hydrogens is 454 g/mol. The van der Waals surface area contributed by atoms with Gasteiger partial charge in [-0.3, -0.25) is 13.9 Å². The zero-order chi connectivity index (χ0) is 24.8. The fourth-order valence-corrected chi connectivity index (χ4v) is 4.40. The second-order valence-corrected chi connectivity index (χ2v) is 8.44. The molecule has 8 heteroatoms. The van der Waals surface area contributed by atoms with Crippen LogP contribution in [0.25, 0.3) is 44.6 Å². The van der Waals surface area contributed by atoms with Crippen molar-refractivity contribution in [1.82, 2.24) is 24.1 Å². The van der Waals surface area contributed by atoms with Crippen molar-refractivity contribution in [2.45, 2.75) is 13.8 Å². The Bertz CT molecular complexity index is 1850. The molecule has 176 valence electrons. The Morgan fingerprint density at radius 1 is 0.889 bits per heavy atom. The van der Waals surface area contributed by atoms with E-state index >= 15 is 0 Å². The van der Waals surface area contributed by atoms with E-state index in [0.717, 1.165) is 11.3 Å². The highest BCUT2D eigenvalue weighted by atomic mass is 16.5. The zero-order valence-corrected chi connectivity index (χ0v) is 19.7. The maximum absolute atomic E-state index is 13.8. The molecular formula is C28H21N5O3. The van der Waals surface area contributed by atoms with Gasteiger partial charge >= 0.3 is 5.97 Å². The molecule has 6 aromatic rings. The van der Waals surface area contributed by atoms with Gasteiger partial charge in [0.15, 0.2) is 11.3 Å². The molecule has 0 aliphatic rings. The van der Waals surface area contributed by atoms with Crippen LogP contribution in [0.5, 0.6) is 0 Å². The summed E-state index contributed by atoms with van der Waals surface area (Å²) in [5.74, 6) is -0.392. The van der Waals surface area contributed by atoms with Crippen molar-refractivity contribution in [2.75, 3.05) is 6.61 Å². The predicted octanol–water partition coefficient (Wildman–Crippen LogP) is 4.76. The summed E-state index contributed by atoms with van der Waals surface area (Å²) in [6.45, 7) is 4.04. The molecule has 0 unspecified atom stereocenters. The number of hydrogen-bond donors (Lipinski definition) is 0. The van der Waals surface area contributed by atoms with E-state index in [1.807, 2.05) is 55.5 Å². The van der Waals surface area contributed by atoms with Crippen LogP contribution >= 0.6 is 0 Å². The van der Waals surface area contributed by atoms with Crippen LogP contribution in [0.3, 0.4) is 0 Å². The van der Waals surface area contributed by atoms with Gasteiger partial charge in [0, 0.05) is 5.69 Å². The zero-order valence-electron chi connectivity index (χ0n) is 19.7. The minimum atomic E-state index is -0.392. The predicted molar refractivity (Wildman–Crippen MR) is 138 cm³/mol. The van der Waals surface area contributed by atoms with Gasteiger partial charge in [-0.05, 0) is 67.9 Å². The third-order valence-corrected chi connectivity index (χ3v) is 6.08. The maximum Gasteiger partial charge on any atom is 0.338 e. The van der Waals surface area contributed by atoms with Gasteiger partial charge in [0.25, 0.3) is 5.56 Å². The first kappa shape index (κ1) is 21.7. The summed E-state index contributed by atoms with van der Waals surface area (Å²) in [4.78, 5) is 40.4. The first-order chi connectivity index (χ1) is 17.5. The Balaban J connectivity index is 1.66. The van der Waals surface area contributed by atoms with Gasteiger partial charge in [-0.1, -0.05) is 24.3 Å². The summed E-state index contributed by atoms with van der Waals surface area (Å²) in [5.41, 5.74) is 5.48. The molecule has 0 saturated carbocycles. The molecule has 8 nitrogen and oxygen atoms in total. The molecule has 36 heavy (non-hydrogen) atoms. The van der Waals surface area contributed by atoms with E-state index in [9.17, 15) is 9.59 Å². The van der Waals surface area contributed by atoms with E-state index in [0.29, 0.717) is 51.1 Å². The van der Waals surface area contributed by atoms with Crippen molar-refractivity contribution in [1.29, 1.82) is 0 Å². The van der Waals surface area contributed by atoms with Crippen LogP contribution in [0.4, 0.5) is 0 Å². The van der Waals surface area contributed by atoms with E-state index in [-0.39, 0.29) is 5.56 Å². The lowest BCUT2D eigenvalue weighted by Crippen LogP contribution is -2.19. The van der Waals surface area contributed by atoms with Gasteiger partial charge in [-0.15, -0.1) is 0 Å². The van der Waals surface area contributed by atoms with Crippen molar-refractivity contribution in [3.05, 3.63) is 101 Å². The van der Waals surface area contributed by atoms with Gasteiger partial charge in [0.2, 0.25) is 0 Å². The lowest BCUT2D eigenvalue weighted by Gasteiger charge is -2.09. The van der Waals surface area contributed by atoms with Crippen molar-refractivity contribution < 1.29 is 9.53 Å². The number of ether oxygens (including phenoxy) is 1. The fourth-order valence-electron chi connectivity index (χ4n) is 4.40. The van der Waals surface area contributed by atoms with Crippen molar-refractivity contribution in [3.8, 4) is 11.4 Å². The molecule has 6 rings (SSSR count). The molecule has 0 atom stereocenters. The van der Waals surface area contributed by atoms with E-state index in [1.54, 1.807) is 35.8 Å². The standard InChI is InChI=1S/C28H21N5O3/c1-3-36-28(35)18-11-13-19(14-12-18)33-25-23(24-26(33)31-22-10-5-4-9-21(22)30-24)27(34)32(16-29-25)20-8-6-7-17(2)15-20/h4-16H,3H2,1-2H3. The number of aromatic nitrogens is 5. The van der Waals surface area contributed by atoms with Crippen LogP contribution in [-0.2, 0) is 4.74 Å². The Kier molecular flexibility index (Phi) is 5.07. The number of hydrogen-bond acceptors (Lipinski definition) is 6. The number of esters is 1. The highest BCUT2D eigenvalue weighted by Gasteiger charge is 2.21. The monoisotopic (exact) mass is 475 g/mol. The summed E-state index contributed by atoms with van der Waals surface area (Å²) >= 11 is 0. The molecule has 3 aromatic carbocycles. The average Bonchev–Trinajstić information content (AvgIpc) is 3.21. The number of rotatable bonds is 4. The lowest BCUT2D eigenvalue weighted by molar-refractivity contribution is 0.0526. The van der Waals surface area contributed by atoms with E-state index in [2.05, 4.69) is 0 Å². The molecule has 0 radical (unpaired) electrons. The number of fused-ring (bicyclic) bond motifs is 4. The van der Waals surface area contributed by atoms with Crippen LogP contribution in [0, 0.1) is 6.92 Å². The topological polar surface area (TPSA) is 91.9 Å². The minimum absolute atomic E-state index is 0.234. The normalized spacial score (nSPS) is 11.4. The number of benzene rings is 3. The van der Waals surface area contributed by atoms with Gasteiger partial charge in [-0.25, -0.2) is 19.7 Å². The summed E-state index contributed by atoms with van der Waals surface area (Å²) < 4.78 is 8.44. The third kappa shape index (κ3) is 3.42. The Morgan fingerprint density at radius 3 is 2.36 bits per heavy atom. The smallest absolute Gasteiger partial charge is 0.338 e. The summed E-state index contributed by atoms with van der Waals surface area (Å²) in [6.07, 6.45) is 1.53. The van der Waals surface area contributed by atoms with E-state index < -0.39 is 5.97 Å². The second kappa shape index (κ2) is 8.42. The third-order valence-electron chi connectivity index (χ3n) is 6.08. The van der Waals surface area contributed by atoms with Crippen molar-refractivity contribution in [3.63, 3.8) is 0 Å². The highest BCUT2D eigenvalue weighted by molar-refractivity contribution is 6.06. The first-order valence-electron chi connectivity index (χ1n) is 11.6. The molecule has 0 amide bonds. The van der Waals surface area contributed by atoms with E-state index in [1.165, 1.54) is 10.9 Å². The molecule has 0 saturated heterocycles. The molecule has 0 aliphatic carbocycles. The molecule has 3 heterocycles. The summed E-state index contributed by atoms with van der Waals surface area (Å²) in [7, 11) is 0. The Hall–Kier alpha value is -4.85. The molecule has 0 spiro atoms. The summed E-state index contributed by atoms with van der Waals surface area (Å²) in [6, 6.07) is 22.2. The number of carbonyl (C=O) groups excluding carboxylic acids is 1. The quantitative estimate of drug-likeness (QED) is 0.342. The number of nitrogens with zero attached hydrogens (tertiary/aromatic N) is 5. The molecule has 0 fully saturated rings. The van der Waals surface area contributed by atoms with E-state index in [4.69, 9.17) is 19.7 Å². The molecule has 0 bridgehead atoms. The highest BCUT2D eigenvalue weighted by Crippen LogP contribution is 2.28. The Morgan fingerprint density at radius 2 is 1.64 bits per heavy atom. The number of para-hydroxylation sites is 2. The number of carbonyl (C=O) groups is 1. The Labute approximate surface area is 205 Å². The van der Waals surface area contributed by atoms with Gasteiger partial charge in [-0.2, -0.15) is 0 Å². The SMILES string of the molecule is CCOC(=O)c1ccc(-n2c3nc4ccccc4nc3c3c(=O)n(-c4cccc(C)c4)cnc32)cc1. The maximum atomic E-state index is 13.8. The lowest BCUT2D eigenvalue weighted by atomic mass is 10.2. The molecule has 3 aromatic heterocycles. The fraction of sp³-hybridized carbons (Fsp3) is 0.107. The first-order valence-corrected chi connectivity index (χ1v) is 11.6. The molecule has 0 aliphatic heterocycles. The van der Waals surface area contributed by atoms with Crippen molar-refractivity contribution in [2.24, 2.45) is 0 Å². The largest absolute Gasteiger partial charge is 0.462 e. The second-order valence-electron chi connectivity index (χ2n) is 8.44. The number of aryl methyl sites for hydroxylation is 1. The van der Waals surface area contributed by atoms with Crippen LogP contribution in [0.1, 0.15) is 22.8 Å². The van der Waals surface area contributed by atoms with Gasteiger partial charge in [0.05, 0.1) is 28.9 Å². The van der Waals surface area contributed by atoms with Gasteiger partial charge in [0.1, 0.15) is 17.2 Å². The molecule has 0 N–H and O–H groups in total. The van der Waals surface area contributed by atoms with Crippen LogP contribution in [0.2, 0.25) is 0 Å². The van der Waals surface area contributed by atoms with Crippen molar-refractivity contribution >= 4 is 39.2 Å².